The van der Waals surface area contributed by atoms with Crippen LogP contribution in [0.5, 0.6) is 0 Å². The van der Waals surface area contributed by atoms with E-state index in [1.165, 1.54) is 16.7 Å². The predicted molar refractivity (Wildman–Crippen MR) is 272 cm³/mol. The Kier molecular flexibility index (Phi) is 17.2. The number of amides is 2. The molecule has 0 bridgehead atoms. The van der Waals surface area contributed by atoms with Gasteiger partial charge in [0.1, 0.15) is 35.9 Å². The Balaban J connectivity index is 0.749. The van der Waals surface area contributed by atoms with Crippen molar-refractivity contribution in [2.75, 3.05) is 92.4 Å². The molecule has 0 radical (unpaired) electrons. The third-order valence-electron chi connectivity index (χ3n) is 13.9. The summed E-state index contributed by atoms with van der Waals surface area (Å²) >= 11 is 0. The van der Waals surface area contributed by atoms with Crippen molar-refractivity contribution >= 4 is 34.0 Å². The molecule has 75 heavy (non-hydrogen) atoms. The Morgan fingerprint density at radius 1 is 0.707 bits per heavy atom. The minimum atomic E-state index is -1.03. The third kappa shape index (κ3) is 13.1. The standard InChI is InChI=1S/C54H60F2N10O9/c1-63(12-14-65-45-25-37(7-9-47(45)74-53(65)69)35-3-5-39(43(55)23-35)21-41(27-57)61-51(67)49-30-59-11-2-18-72-49)32-34-29-60-31-50(73-33-34)52(68)62-42(28-58)22-40-6-4-36(24-44(40)56)38-8-10-48-46(26-38)66(54(70)75-48)15-13-64-16-19-71-20-17-64/h3-10,23-26,34,41-42,49-50,59-60H,2,11-22,29-33H2,1H3,(H,61,67)(H,62,68). The molecular formula is C54H60F2N10O9. The van der Waals surface area contributed by atoms with Crippen molar-refractivity contribution < 1.29 is 41.4 Å². The number of hydrogen-bond donors (Lipinski definition) is 4. The summed E-state index contributed by atoms with van der Waals surface area (Å²) in [5, 5.41) is 31.6. The van der Waals surface area contributed by atoms with Crippen LogP contribution in [0.1, 0.15) is 17.5 Å². The number of rotatable bonds is 18. The molecule has 3 aliphatic rings. The quantitative estimate of drug-likeness (QED) is 0.0969. The monoisotopic (exact) mass is 1030 g/mol. The van der Waals surface area contributed by atoms with E-state index in [1.54, 1.807) is 65.2 Å². The van der Waals surface area contributed by atoms with Crippen molar-refractivity contribution in [2.45, 2.75) is 56.6 Å². The highest BCUT2D eigenvalue weighted by Crippen LogP contribution is 2.28. The van der Waals surface area contributed by atoms with Crippen molar-refractivity contribution in [2.24, 2.45) is 5.92 Å². The smallest absolute Gasteiger partial charge is 0.408 e. The van der Waals surface area contributed by atoms with Crippen LogP contribution in [0.15, 0.2) is 91.2 Å². The minimum absolute atomic E-state index is 0.0289. The molecule has 0 spiro atoms. The average Bonchev–Trinajstić information content (AvgIpc) is 3.60. The first-order valence-corrected chi connectivity index (χ1v) is 25.3. The average molecular weight is 1030 g/mol. The van der Waals surface area contributed by atoms with Crippen molar-refractivity contribution in [3.8, 4) is 34.4 Å². The van der Waals surface area contributed by atoms with Crippen molar-refractivity contribution in [1.82, 2.24) is 40.2 Å². The van der Waals surface area contributed by atoms with Gasteiger partial charge in [-0.25, -0.2) is 18.4 Å². The number of carbonyl (C=O) groups is 2. The van der Waals surface area contributed by atoms with Gasteiger partial charge in [-0.2, -0.15) is 10.5 Å². The van der Waals surface area contributed by atoms with Gasteiger partial charge < -0.3 is 49.2 Å². The van der Waals surface area contributed by atoms with Crippen LogP contribution in [0.4, 0.5) is 8.78 Å². The van der Waals surface area contributed by atoms with Gasteiger partial charge in [-0.05, 0) is 89.8 Å². The second-order valence-corrected chi connectivity index (χ2v) is 19.3. The lowest BCUT2D eigenvalue weighted by Crippen LogP contribution is -2.46. The summed E-state index contributed by atoms with van der Waals surface area (Å²) in [5.74, 6) is -3.04. The van der Waals surface area contributed by atoms with E-state index < -0.39 is 59.3 Å². The zero-order valence-corrected chi connectivity index (χ0v) is 41.7. The first-order chi connectivity index (χ1) is 36.4. The number of carbonyl (C=O) groups excluding carboxylic acids is 2. The van der Waals surface area contributed by atoms with E-state index in [0.717, 1.165) is 26.1 Å². The van der Waals surface area contributed by atoms with Gasteiger partial charge in [-0.3, -0.25) is 23.6 Å². The Morgan fingerprint density at radius 3 is 1.81 bits per heavy atom. The molecule has 0 aliphatic carbocycles. The molecule has 2 amide bonds. The molecule has 0 saturated carbocycles. The summed E-state index contributed by atoms with van der Waals surface area (Å²) in [7, 11) is 1.91. The Labute approximate surface area is 430 Å². The second kappa shape index (κ2) is 24.5. The zero-order chi connectivity index (χ0) is 52.4. The lowest BCUT2D eigenvalue weighted by Gasteiger charge is -2.26. The number of fused-ring (bicyclic) bond motifs is 2. The Morgan fingerprint density at radius 2 is 1.24 bits per heavy atom. The van der Waals surface area contributed by atoms with Crippen LogP contribution in [0.2, 0.25) is 0 Å². The van der Waals surface area contributed by atoms with Gasteiger partial charge in [0, 0.05) is 90.8 Å². The fraction of sp³-hybridized carbons (Fsp3) is 0.444. The molecule has 6 aromatic rings. The number of nitrogens with one attached hydrogen (secondary N) is 4. The van der Waals surface area contributed by atoms with Crippen LogP contribution in [0.25, 0.3) is 44.5 Å². The van der Waals surface area contributed by atoms with E-state index >= 15 is 8.78 Å². The fourth-order valence-corrected chi connectivity index (χ4v) is 9.75. The number of nitriles is 2. The van der Waals surface area contributed by atoms with Gasteiger partial charge in [0.25, 0.3) is 11.8 Å². The number of benzene rings is 4. The minimum Gasteiger partial charge on any atom is -0.408 e. The SMILES string of the molecule is CN(CCn1c(=O)oc2ccc(-c3ccc(CC(C#N)NC(=O)C4CNCCCO4)c(F)c3)cc21)CC1CNCC(C(=O)NC(C#N)Cc2ccc(-c3ccc4oc(=O)n(CCN5CCOCC5)c4c3)cc2F)OC1. The van der Waals surface area contributed by atoms with Crippen LogP contribution in [0.3, 0.4) is 0 Å². The molecule has 3 fully saturated rings. The summed E-state index contributed by atoms with van der Waals surface area (Å²) in [6.45, 7) is 7.74. The maximum absolute atomic E-state index is 15.7. The summed E-state index contributed by atoms with van der Waals surface area (Å²) in [5.41, 5.74) is 4.93. The zero-order valence-electron chi connectivity index (χ0n) is 41.7. The first kappa shape index (κ1) is 52.8. The maximum Gasteiger partial charge on any atom is 0.419 e. The van der Waals surface area contributed by atoms with Crippen molar-refractivity contribution in [3.05, 3.63) is 117 Å². The maximum atomic E-state index is 15.7. The summed E-state index contributed by atoms with van der Waals surface area (Å²) in [4.78, 5) is 56.3. The topological polar surface area (TPSA) is 234 Å². The number of aromatic nitrogens is 2. The van der Waals surface area contributed by atoms with Gasteiger partial charge in [-0.1, -0.05) is 36.4 Å². The number of ether oxygens (including phenoxy) is 3. The van der Waals surface area contributed by atoms with Gasteiger partial charge >= 0.3 is 11.5 Å². The van der Waals surface area contributed by atoms with E-state index in [-0.39, 0.29) is 49.6 Å². The number of oxazole rings is 2. The van der Waals surface area contributed by atoms with Gasteiger partial charge in [-0.15, -0.1) is 0 Å². The normalized spacial score (nSPS) is 19.5. The fourth-order valence-electron chi connectivity index (χ4n) is 9.75. The van der Waals surface area contributed by atoms with Crippen LogP contribution >= 0.6 is 0 Å². The number of morpholine rings is 1. The predicted octanol–water partition coefficient (Wildman–Crippen LogP) is 3.16. The van der Waals surface area contributed by atoms with E-state index in [9.17, 15) is 29.7 Å². The molecule has 9 rings (SSSR count). The van der Waals surface area contributed by atoms with Crippen molar-refractivity contribution in [1.29, 1.82) is 10.5 Å². The molecule has 5 atom stereocenters. The highest BCUT2D eigenvalue weighted by molar-refractivity contribution is 5.83. The number of nitrogens with zero attached hydrogens (tertiary/aromatic N) is 6. The highest BCUT2D eigenvalue weighted by Gasteiger charge is 2.29. The van der Waals surface area contributed by atoms with Crippen molar-refractivity contribution in [3.63, 3.8) is 0 Å². The molecule has 19 nitrogen and oxygen atoms in total. The van der Waals surface area contributed by atoms with E-state index in [1.807, 2.05) is 18.0 Å². The molecule has 394 valence electrons. The van der Waals surface area contributed by atoms with Crippen LogP contribution in [-0.4, -0.2) is 147 Å². The molecule has 5 unspecified atom stereocenters. The van der Waals surface area contributed by atoms with Crippen LogP contribution in [-0.2, 0) is 49.7 Å². The first-order valence-electron chi connectivity index (χ1n) is 25.3. The molecule has 5 heterocycles. The number of halogens is 2. The van der Waals surface area contributed by atoms with Gasteiger partial charge in [0.05, 0.1) is 43.0 Å². The lowest BCUT2D eigenvalue weighted by molar-refractivity contribution is -0.133. The lowest BCUT2D eigenvalue weighted by atomic mass is 10.00. The number of hydrogen-bond acceptors (Lipinski definition) is 15. The molecule has 3 aliphatic heterocycles. The molecule has 4 aromatic carbocycles. The summed E-state index contributed by atoms with van der Waals surface area (Å²) < 4.78 is 62.4. The van der Waals surface area contributed by atoms with Crippen LogP contribution in [0, 0.1) is 40.2 Å². The van der Waals surface area contributed by atoms with Gasteiger partial charge in [0.2, 0.25) is 0 Å². The Bertz CT molecular complexity index is 3200. The third-order valence-corrected chi connectivity index (χ3v) is 13.9. The molecule has 2 aromatic heterocycles. The molecule has 4 N–H and O–H groups in total. The van der Waals surface area contributed by atoms with E-state index in [0.29, 0.717) is 104 Å². The molecule has 21 heteroatoms. The number of likely N-dealkylation sites (N-methyl/N-ethyl adjacent to an activating group) is 1. The second-order valence-electron chi connectivity index (χ2n) is 19.3. The van der Waals surface area contributed by atoms with E-state index in [4.69, 9.17) is 23.0 Å². The summed E-state index contributed by atoms with van der Waals surface area (Å²) in [6, 6.07) is 22.0. The Hall–Kier alpha value is -7.08. The summed E-state index contributed by atoms with van der Waals surface area (Å²) in [6.07, 6.45) is -0.969. The van der Waals surface area contributed by atoms with Gasteiger partial charge in [0.15, 0.2) is 11.2 Å². The molecular weight excluding hydrogens is 971 g/mol. The highest BCUT2D eigenvalue weighted by atomic mass is 19.1. The molecule has 3 saturated heterocycles. The largest absolute Gasteiger partial charge is 0.419 e. The van der Waals surface area contributed by atoms with Crippen LogP contribution < -0.4 is 32.8 Å². The van der Waals surface area contributed by atoms with E-state index in [2.05, 4.69) is 32.2 Å².